The molecule has 1 unspecified atom stereocenters. The van der Waals surface area contributed by atoms with Gasteiger partial charge in [-0.1, -0.05) is 51.1 Å². The van der Waals surface area contributed by atoms with Crippen LogP contribution in [0.5, 0.6) is 0 Å². The summed E-state index contributed by atoms with van der Waals surface area (Å²) in [5.41, 5.74) is 1.21. The SMILES string of the molecule is CC(NC(=O)NCC(C)(C)C)c1ccccc1. The average Bonchev–Trinajstić information content (AvgIpc) is 2.27. The van der Waals surface area contributed by atoms with E-state index >= 15 is 0 Å². The van der Waals surface area contributed by atoms with Gasteiger partial charge < -0.3 is 10.6 Å². The quantitative estimate of drug-likeness (QED) is 0.829. The van der Waals surface area contributed by atoms with Crippen molar-refractivity contribution in [1.29, 1.82) is 0 Å². The van der Waals surface area contributed by atoms with Crippen LogP contribution in [0.1, 0.15) is 39.3 Å². The zero-order chi connectivity index (χ0) is 12.9. The van der Waals surface area contributed by atoms with E-state index in [1.165, 1.54) is 0 Å². The number of hydrogen-bond acceptors (Lipinski definition) is 1. The maximum Gasteiger partial charge on any atom is 0.315 e. The molecule has 1 rings (SSSR count). The minimum Gasteiger partial charge on any atom is -0.338 e. The zero-order valence-electron chi connectivity index (χ0n) is 11.1. The minimum absolute atomic E-state index is 0.0242. The van der Waals surface area contributed by atoms with E-state index in [4.69, 9.17) is 0 Å². The van der Waals surface area contributed by atoms with Crippen molar-refractivity contribution in [2.75, 3.05) is 6.54 Å². The third-order valence-corrected chi connectivity index (χ3v) is 2.43. The van der Waals surface area contributed by atoms with Crippen LogP contribution < -0.4 is 10.6 Å². The lowest BCUT2D eigenvalue weighted by Crippen LogP contribution is -2.40. The van der Waals surface area contributed by atoms with Gasteiger partial charge in [-0.15, -0.1) is 0 Å². The molecule has 0 aliphatic rings. The normalized spacial score (nSPS) is 12.9. The molecular weight excluding hydrogens is 212 g/mol. The first-order valence-corrected chi connectivity index (χ1v) is 5.98. The average molecular weight is 234 g/mol. The van der Waals surface area contributed by atoms with E-state index in [1.807, 2.05) is 37.3 Å². The minimum atomic E-state index is -0.115. The van der Waals surface area contributed by atoms with Crippen molar-refractivity contribution in [3.63, 3.8) is 0 Å². The van der Waals surface area contributed by atoms with Crippen LogP contribution in [0, 0.1) is 5.41 Å². The highest BCUT2D eigenvalue weighted by Crippen LogP contribution is 2.12. The topological polar surface area (TPSA) is 41.1 Å². The number of amides is 2. The smallest absolute Gasteiger partial charge is 0.315 e. The number of rotatable bonds is 3. The van der Waals surface area contributed by atoms with E-state index in [0.29, 0.717) is 6.54 Å². The van der Waals surface area contributed by atoms with Gasteiger partial charge in [-0.25, -0.2) is 4.79 Å². The molecule has 1 atom stereocenters. The van der Waals surface area contributed by atoms with Gasteiger partial charge in [0.25, 0.3) is 0 Å². The summed E-state index contributed by atoms with van der Waals surface area (Å²) in [6.45, 7) is 8.92. The first kappa shape index (κ1) is 13.6. The van der Waals surface area contributed by atoms with Crippen LogP contribution in [-0.2, 0) is 0 Å². The number of benzene rings is 1. The van der Waals surface area contributed by atoms with E-state index in [-0.39, 0.29) is 17.5 Å². The van der Waals surface area contributed by atoms with Crippen LogP contribution in [0.25, 0.3) is 0 Å². The number of carbonyl (C=O) groups excluding carboxylic acids is 1. The van der Waals surface area contributed by atoms with E-state index in [2.05, 4.69) is 31.4 Å². The van der Waals surface area contributed by atoms with Gasteiger partial charge in [0.05, 0.1) is 6.04 Å². The van der Waals surface area contributed by atoms with Crippen molar-refractivity contribution in [2.45, 2.75) is 33.7 Å². The fourth-order valence-corrected chi connectivity index (χ4v) is 1.42. The molecular formula is C14H22N2O. The first-order valence-electron chi connectivity index (χ1n) is 5.98. The van der Waals surface area contributed by atoms with Crippen LogP contribution in [-0.4, -0.2) is 12.6 Å². The summed E-state index contributed by atoms with van der Waals surface area (Å²) in [4.78, 5) is 11.7. The molecule has 0 saturated heterocycles. The van der Waals surface area contributed by atoms with Crippen molar-refractivity contribution in [1.82, 2.24) is 10.6 Å². The van der Waals surface area contributed by atoms with E-state index in [1.54, 1.807) is 0 Å². The lowest BCUT2D eigenvalue weighted by Gasteiger charge is -2.20. The van der Waals surface area contributed by atoms with Gasteiger partial charge in [-0.2, -0.15) is 0 Å². The van der Waals surface area contributed by atoms with Gasteiger partial charge in [0, 0.05) is 6.54 Å². The van der Waals surface area contributed by atoms with Gasteiger partial charge in [-0.3, -0.25) is 0 Å². The van der Waals surface area contributed by atoms with Crippen LogP contribution in [0.3, 0.4) is 0 Å². The summed E-state index contributed by atoms with van der Waals surface area (Å²) in [5, 5.41) is 5.79. The van der Waals surface area contributed by atoms with Crippen LogP contribution in [0.15, 0.2) is 30.3 Å². The van der Waals surface area contributed by atoms with E-state index in [0.717, 1.165) is 5.56 Å². The Morgan fingerprint density at radius 3 is 2.35 bits per heavy atom. The molecule has 0 heterocycles. The van der Waals surface area contributed by atoms with Crippen molar-refractivity contribution in [2.24, 2.45) is 5.41 Å². The van der Waals surface area contributed by atoms with Gasteiger partial charge in [0.1, 0.15) is 0 Å². The summed E-state index contributed by atoms with van der Waals surface area (Å²) < 4.78 is 0. The highest BCUT2D eigenvalue weighted by atomic mass is 16.2. The summed E-state index contributed by atoms with van der Waals surface area (Å²) in [7, 11) is 0. The monoisotopic (exact) mass is 234 g/mol. The third-order valence-electron chi connectivity index (χ3n) is 2.43. The third kappa shape index (κ3) is 5.38. The van der Waals surface area contributed by atoms with Crippen LogP contribution >= 0.6 is 0 Å². The van der Waals surface area contributed by atoms with Gasteiger partial charge >= 0.3 is 6.03 Å². The fraction of sp³-hybridized carbons (Fsp3) is 0.500. The Labute approximate surface area is 104 Å². The molecule has 0 spiro atoms. The molecule has 1 aromatic carbocycles. The Morgan fingerprint density at radius 2 is 1.82 bits per heavy atom. The Kier molecular flexibility index (Phi) is 4.55. The summed E-state index contributed by atoms with van der Waals surface area (Å²) in [6, 6.07) is 9.84. The van der Waals surface area contributed by atoms with Gasteiger partial charge in [0.15, 0.2) is 0 Å². The molecule has 0 radical (unpaired) electrons. The lowest BCUT2D eigenvalue weighted by atomic mass is 9.97. The van der Waals surface area contributed by atoms with Crippen molar-refractivity contribution in [3.05, 3.63) is 35.9 Å². The molecule has 3 nitrogen and oxygen atoms in total. The lowest BCUT2D eigenvalue weighted by molar-refractivity contribution is 0.232. The highest BCUT2D eigenvalue weighted by molar-refractivity contribution is 5.74. The van der Waals surface area contributed by atoms with Crippen LogP contribution in [0.2, 0.25) is 0 Å². The molecule has 0 aliphatic carbocycles. The summed E-state index contributed by atoms with van der Waals surface area (Å²) in [6.07, 6.45) is 0. The Balaban J connectivity index is 2.42. The molecule has 2 amide bonds. The van der Waals surface area contributed by atoms with Crippen molar-refractivity contribution in [3.8, 4) is 0 Å². The Hall–Kier alpha value is -1.51. The molecule has 0 bridgehead atoms. The molecule has 0 saturated carbocycles. The molecule has 17 heavy (non-hydrogen) atoms. The standard InChI is InChI=1S/C14H22N2O/c1-11(12-8-6-5-7-9-12)16-13(17)15-10-14(2,3)4/h5-9,11H,10H2,1-4H3,(H2,15,16,17). The maximum atomic E-state index is 11.7. The molecule has 1 aromatic rings. The molecule has 2 N–H and O–H groups in total. The van der Waals surface area contributed by atoms with E-state index in [9.17, 15) is 4.79 Å². The van der Waals surface area contributed by atoms with Crippen LogP contribution in [0.4, 0.5) is 4.79 Å². The highest BCUT2D eigenvalue weighted by Gasteiger charge is 2.13. The predicted octanol–water partition coefficient (Wildman–Crippen LogP) is 3.09. The van der Waals surface area contributed by atoms with E-state index < -0.39 is 0 Å². The molecule has 0 aromatic heterocycles. The van der Waals surface area contributed by atoms with Crippen molar-refractivity contribution < 1.29 is 4.79 Å². The number of carbonyl (C=O) groups is 1. The maximum absolute atomic E-state index is 11.7. The van der Waals surface area contributed by atoms with Gasteiger partial charge in [0.2, 0.25) is 0 Å². The second-order valence-electron chi connectivity index (χ2n) is 5.52. The molecule has 0 aliphatic heterocycles. The molecule has 3 heteroatoms. The molecule has 94 valence electrons. The second kappa shape index (κ2) is 5.71. The fourth-order valence-electron chi connectivity index (χ4n) is 1.42. The second-order valence-corrected chi connectivity index (χ2v) is 5.52. The summed E-state index contributed by atoms with van der Waals surface area (Å²) in [5.74, 6) is 0. The Morgan fingerprint density at radius 1 is 1.24 bits per heavy atom. The number of nitrogens with one attached hydrogen (secondary N) is 2. The number of urea groups is 1. The predicted molar refractivity (Wildman–Crippen MR) is 70.8 cm³/mol. The number of hydrogen-bond donors (Lipinski definition) is 2. The molecule has 0 fully saturated rings. The summed E-state index contributed by atoms with van der Waals surface area (Å²) >= 11 is 0. The van der Waals surface area contributed by atoms with Crippen molar-refractivity contribution >= 4 is 6.03 Å². The van der Waals surface area contributed by atoms with Gasteiger partial charge in [-0.05, 0) is 17.9 Å². The zero-order valence-corrected chi connectivity index (χ0v) is 11.1. The Bertz CT molecular complexity index is 354. The first-order chi connectivity index (χ1) is 7.88. The largest absolute Gasteiger partial charge is 0.338 e.